The van der Waals surface area contributed by atoms with Gasteiger partial charge in [-0.2, -0.15) is 0 Å². The molecule has 8 heteroatoms. The third kappa shape index (κ3) is 6.36. The van der Waals surface area contributed by atoms with Gasteiger partial charge in [0.15, 0.2) is 5.69 Å². The van der Waals surface area contributed by atoms with Gasteiger partial charge in [-0.15, -0.1) is 0 Å². The van der Waals surface area contributed by atoms with Gasteiger partial charge in [-0.3, -0.25) is 9.69 Å². The summed E-state index contributed by atoms with van der Waals surface area (Å²) in [6, 6.07) is 16.0. The first kappa shape index (κ1) is 23.8. The molecule has 1 fully saturated rings. The molecule has 180 valence electrons. The third-order valence-electron chi connectivity index (χ3n) is 5.79. The van der Waals surface area contributed by atoms with Gasteiger partial charge in [0.1, 0.15) is 17.8 Å². The van der Waals surface area contributed by atoms with Crippen molar-refractivity contribution >= 4 is 5.91 Å². The maximum absolute atomic E-state index is 12.5. The molecule has 0 bridgehead atoms. The van der Waals surface area contributed by atoms with Gasteiger partial charge < -0.3 is 23.9 Å². The number of nitrogens with zero attached hydrogens (tertiary/aromatic N) is 2. The molecule has 1 N–H and O–H groups in total. The van der Waals surface area contributed by atoms with Crippen LogP contribution in [0.3, 0.4) is 0 Å². The van der Waals surface area contributed by atoms with E-state index in [-0.39, 0.29) is 17.7 Å². The van der Waals surface area contributed by atoms with Crippen LogP contribution in [0.1, 0.15) is 40.3 Å². The maximum atomic E-state index is 12.5. The van der Waals surface area contributed by atoms with Crippen LogP contribution in [-0.4, -0.2) is 49.3 Å². The molecule has 2 heterocycles. The summed E-state index contributed by atoms with van der Waals surface area (Å²) in [6.07, 6.45) is 3.49. The lowest BCUT2D eigenvalue weighted by Gasteiger charge is -2.22. The number of benzene rings is 2. The second kappa shape index (κ2) is 11.7. The standard InChI is InChI=1S/C26H31N3O5/c1-31-21-11-10-20(24(13-21)32-2)16-29(15-19-7-4-3-5-8-19)17-25-28-23(18-34-25)26(30)27-14-22-9-6-12-33-22/h3-5,7-8,10-11,13,18,22H,6,9,12,14-17H2,1-2H3,(H,27,30). The molecule has 0 aliphatic carbocycles. The minimum atomic E-state index is -0.253. The monoisotopic (exact) mass is 465 g/mol. The topological polar surface area (TPSA) is 86.1 Å². The van der Waals surface area contributed by atoms with Crippen LogP contribution in [0.4, 0.5) is 0 Å². The quantitative estimate of drug-likeness (QED) is 0.461. The third-order valence-corrected chi connectivity index (χ3v) is 5.79. The molecule has 1 unspecified atom stereocenters. The van der Waals surface area contributed by atoms with E-state index in [1.165, 1.54) is 6.26 Å². The van der Waals surface area contributed by atoms with Gasteiger partial charge in [0, 0.05) is 37.9 Å². The van der Waals surface area contributed by atoms with Crippen LogP contribution in [0.25, 0.3) is 0 Å². The zero-order valence-electron chi connectivity index (χ0n) is 19.7. The summed E-state index contributed by atoms with van der Waals surface area (Å²) in [4.78, 5) is 19.1. The molecule has 8 nitrogen and oxygen atoms in total. The van der Waals surface area contributed by atoms with Crippen molar-refractivity contribution in [2.45, 2.75) is 38.6 Å². The molecule has 0 radical (unpaired) electrons. The summed E-state index contributed by atoms with van der Waals surface area (Å²) in [7, 11) is 3.28. The SMILES string of the molecule is COc1ccc(CN(Cc2ccccc2)Cc2nc(C(=O)NCC3CCCO3)co2)c(OC)c1. The number of carbonyl (C=O) groups excluding carboxylic acids is 1. The Hall–Kier alpha value is -3.36. The molecule has 1 aromatic heterocycles. The molecule has 34 heavy (non-hydrogen) atoms. The molecule has 3 aromatic rings. The van der Waals surface area contributed by atoms with Gasteiger partial charge in [-0.1, -0.05) is 36.4 Å². The highest BCUT2D eigenvalue weighted by Crippen LogP contribution is 2.27. The van der Waals surface area contributed by atoms with Crippen LogP contribution in [0, 0.1) is 0 Å². The summed E-state index contributed by atoms with van der Waals surface area (Å²) in [6.45, 7) is 2.95. The predicted molar refractivity (Wildman–Crippen MR) is 127 cm³/mol. The van der Waals surface area contributed by atoms with E-state index in [0.717, 1.165) is 42.1 Å². The number of hydrogen-bond acceptors (Lipinski definition) is 7. The number of nitrogens with one attached hydrogen (secondary N) is 1. The van der Waals surface area contributed by atoms with Crippen molar-refractivity contribution in [3.63, 3.8) is 0 Å². The molecule has 1 amide bonds. The van der Waals surface area contributed by atoms with E-state index >= 15 is 0 Å². The minimum Gasteiger partial charge on any atom is -0.497 e. The summed E-state index contributed by atoms with van der Waals surface area (Å²) in [5, 5.41) is 2.88. The van der Waals surface area contributed by atoms with Crippen LogP contribution in [0.15, 0.2) is 59.2 Å². The van der Waals surface area contributed by atoms with Crippen LogP contribution < -0.4 is 14.8 Å². The van der Waals surface area contributed by atoms with E-state index < -0.39 is 0 Å². The number of carbonyl (C=O) groups is 1. The van der Waals surface area contributed by atoms with Crippen molar-refractivity contribution in [2.24, 2.45) is 0 Å². The van der Waals surface area contributed by atoms with E-state index in [4.69, 9.17) is 18.6 Å². The molecular formula is C26H31N3O5. The Morgan fingerprint density at radius 1 is 1.12 bits per heavy atom. The fourth-order valence-electron chi connectivity index (χ4n) is 4.01. The van der Waals surface area contributed by atoms with Gasteiger partial charge in [0.05, 0.1) is 26.9 Å². The minimum absolute atomic E-state index is 0.0798. The summed E-state index contributed by atoms with van der Waals surface area (Å²) >= 11 is 0. The largest absolute Gasteiger partial charge is 0.497 e. The molecule has 4 rings (SSSR count). The molecule has 1 atom stereocenters. The zero-order chi connectivity index (χ0) is 23.8. The fourth-order valence-corrected chi connectivity index (χ4v) is 4.01. The van der Waals surface area contributed by atoms with E-state index in [1.807, 2.05) is 36.4 Å². The molecular weight excluding hydrogens is 434 g/mol. The van der Waals surface area contributed by atoms with Crippen molar-refractivity contribution < 1.29 is 23.4 Å². The number of methoxy groups -OCH3 is 2. The number of rotatable bonds is 11. The number of aromatic nitrogens is 1. The molecule has 1 saturated heterocycles. The first-order chi connectivity index (χ1) is 16.6. The van der Waals surface area contributed by atoms with Crippen LogP contribution in [0.5, 0.6) is 11.5 Å². The summed E-state index contributed by atoms with van der Waals surface area (Å²) in [5.74, 6) is 1.71. The highest BCUT2D eigenvalue weighted by molar-refractivity contribution is 5.91. The van der Waals surface area contributed by atoms with Crippen LogP contribution >= 0.6 is 0 Å². The van der Waals surface area contributed by atoms with E-state index in [9.17, 15) is 4.79 Å². The van der Waals surface area contributed by atoms with Crippen molar-refractivity contribution in [1.29, 1.82) is 0 Å². The van der Waals surface area contributed by atoms with Gasteiger partial charge >= 0.3 is 0 Å². The zero-order valence-corrected chi connectivity index (χ0v) is 19.7. The highest BCUT2D eigenvalue weighted by Gasteiger charge is 2.20. The van der Waals surface area contributed by atoms with Gasteiger partial charge in [-0.25, -0.2) is 4.98 Å². The maximum Gasteiger partial charge on any atom is 0.273 e. The number of hydrogen-bond donors (Lipinski definition) is 1. The van der Waals surface area contributed by atoms with Gasteiger partial charge in [0.25, 0.3) is 5.91 Å². The Bertz CT molecular complexity index is 1060. The lowest BCUT2D eigenvalue weighted by atomic mass is 10.1. The number of amides is 1. The van der Waals surface area contributed by atoms with Crippen molar-refractivity contribution in [3.8, 4) is 11.5 Å². The van der Waals surface area contributed by atoms with E-state index in [0.29, 0.717) is 32.1 Å². The molecule has 1 aliphatic heterocycles. The second-order valence-corrected chi connectivity index (χ2v) is 8.28. The van der Waals surface area contributed by atoms with Crippen molar-refractivity contribution in [2.75, 3.05) is 27.4 Å². The van der Waals surface area contributed by atoms with E-state index in [1.54, 1.807) is 14.2 Å². The Kier molecular flexibility index (Phi) is 8.17. The lowest BCUT2D eigenvalue weighted by Crippen LogP contribution is -2.32. The second-order valence-electron chi connectivity index (χ2n) is 8.28. The summed E-state index contributed by atoms with van der Waals surface area (Å²) in [5.41, 5.74) is 2.45. The Morgan fingerprint density at radius 2 is 1.97 bits per heavy atom. The number of oxazole rings is 1. The lowest BCUT2D eigenvalue weighted by molar-refractivity contribution is 0.0853. The van der Waals surface area contributed by atoms with Crippen LogP contribution in [-0.2, 0) is 24.4 Å². The average molecular weight is 466 g/mol. The molecule has 2 aromatic carbocycles. The molecule has 0 saturated carbocycles. The fraction of sp³-hybridized carbons (Fsp3) is 0.385. The first-order valence-electron chi connectivity index (χ1n) is 11.5. The summed E-state index contributed by atoms with van der Waals surface area (Å²) < 4.78 is 22.1. The van der Waals surface area contributed by atoms with Gasteiger partial charge in [0.2, 0.25) is 5.89 Å². The van der Waals surface area contributed by atoms with Crippen molar-refractivity contribution in [1.82, 2.24) is 15.2 Å². The smallest absolute Gasteiger partial charge is 0.273 e. The Labute approximate surface area is 199 Å². The Morgan fingerprint density at radius 3 is 2.71 bits per heavy atom. The van der Waals surface area contributed by atoms with Crippen LogP contribution in [0.2, 0.25) is 0 Å². The highest BCUT2D eigenvalue weighted by atomic mass is 16.5. The normalized spacial score (nSPS) is 15.4. The van der Waals surface area contributed by atoms with Gasteiger partial charge in [-0.05, 0) is 24.5 Å². The average Bonchev–Trinajstić information content (AvgIpc) is 3.56. The van der Waals surface area contributed by atoms with Crippen molar-refractivity contribution in [3.05, 3.63) is 77.5 Å². The molecule has 0 spiro atoms. The molecule has 1 aliphatic rings. The Balaban J connectivity index is 1.46. The number of ether oxygens (including phenoxy) is 3. The predicted octanol–water partition coefficient (Wildman–Crippen LogP) is 3.80. The van der Waals surface area contributed by atoms with E-state index in [2.05, 4.69) is 27.3 Å². The first-order valence-corrected chi connectivity index (χ1v) is 11.5.